The van der Waals surface area contributed by atoms with Gasteiger partial charge in [-0.05, 0) is 11.8 Å². The van der Waals surface area contributed by atoms with Gasteiger partial charge < -0.3 is 10.8 Å². The lowest BCUT2D eigenvalue weighted by Crippen LogP contribution is -2.33. The summed E-state index contributed by atoms with van der Waals surface area (Å²) in [5, 5.41) is 8.94. The van der Waals surface area contributed by atoms with E-state index in [1.54, 1.807) is 0 Å². The van der Waals surface area contributed by atoms with Gasteiger partial charge in [0.25, 0.3) is 0 Å². The van der Waals surface area contributed by atoms with Gasteiger partial charge in [-0.15, -0.1) is 0 Å². The van der Waals surface area contributed by atoms with Crippen LogP contribution in [0.15, 0.2) is 0 Å². The predicted octanol–water partition coefficient (Wildman–Crippen LogP) is 1.72. The molecule has 0 amide bonds. The van der Waals surface area contributed by atoms with Gasteiger partial charge in [-0.25, -0.2) is 0 Å². The Morgan fingerprint density at radius 3 is 2.15 bits per heavy atom. The minimum Gasteiger partial charge on any atom is -0.481 e. The average molecular weight is 187 g/mol. The Labute approximate surface area is 80.3 Å². The van der Waals surface area contributed by atoms with Gasteiger partial charge in [-0.3, -0.25) is 4.79 Å². The van der Waals surface area contributed by atoms with E-state index in [1.165, 1.54) is 0 Å². The van der Waals surface area contributed by atoms with Crippen LogP contribution in [-0.2, 0) is 4.79 Å². The van der Waals surface area contributed by atoms with Crippen LogP contribution in [0.4, 0.5) is 0 Å². The monoisotopic (exact) mass is 187 g/mol. The summed E-state index contributed by atoms with van der Waals surface area (Å²) in [5.41, 5.74) is 5.46. The molecule has 0 rings (SSSR count). The van der Waals surface area contributed by atoms with Gasteiger partial charge in [0.05, 0.1) is 5.92 Å². The molecule has 0 aliphatic carbocycles. The first-order chi connectivity index (χ1) is 6.08. The Kier molecular flexibility index (Phi) is 5.71. The number of aliphatic carboxylic acids is 1. The van der Waals surface area contributed by atoms with Crippen molar-refractivity contribution in [3.63, 3.8) is 0 Å². The minimum atomic E-state index is -0.755. The Morgan fingerprint density at radius 1 is 1.38 bits per heavy atom. The van der Waals surface area contributed by atoms with E-state index in [-0.39, 0.29) is 18.4 Å². The molecule has 0 aromatic carbocycles. The van der Waals surface area contributed by atoms with Crippen molar-refractivity contribution >= 4 is 5.97 Å². The number of carboxylic acids is 1. The van der Waals surface area contributed by atoms with Crippen molar-refractivity contribution in [2.45, 2.75) is 33.6 Å². The fourth-order valence-corrected chi connectivity index (χ4v) is 1.84. The van der Waals surface area contributed by atoms with E-state index in [0.29, 0.717) is 5.92 Å². The molecule has 3 nitrogen and oxygen atoms in total. The quantitative estimate of drug-likeness (QED) is 0.665. The van der Waals surface area contributed by atoms with Crippen LogP contribution in [0.25, 0.3) is 0 Å². The maximum atomic E-state index is 10.9. The zero-order chi connectivity index (χ0) is 10.4. The molecular formula is C10H21NO2. The maximum absolute atomic E-state index is 10.9. The number of carbonyl (C=O) groups is 1. The minimum absolute atomic E-state index is 0.215. The van der Waals surface area contributed by atoms with Crippen molar-refractivity contribution in [2.75, 3.05) is 6.54 Å². The molecule has 0 aliphatic rings. The summed E-state index contributed by atoms with van der Waals surface area (Å²) in [5.74, 6) is -0.475. The lowest BCUT2D eigenvalue weighted by molar-refractivity contribution is -0.144. The van der Waals surface area contributed by atoms with E-state index in [4.69, 9.17) is 10.8 Å². The van der Waals surface area contributed by atoms with Gasteiger partial charge in [0.1, 0.15) is 0 Å². The van der Waals surface area contributed by atoms with Gasteiger partial charge >= 0.3 is 5.97 Å². The topological polar surface area (TPSA) is 63.3 Å². The van der Waals surface area contributed by atoms with Crippen LogP contribution >= 0.6 is 0 Å². The fraction of sp³-hybridized carbons (Fsp3) is 0.900. The second kappa shape index (κ2) is 5.97. The van der Waals surface area contributed by atoms with Crippen molar-refractivity contribution in [1.82, 2.24) is 0 Å². The molecule has 0 saturated carbocycles. The standard InChI is InChI=1S/C10H21NO2/c1-4-7(3)8(5-2)9(6-11)10(12)13/h7-9H,4-6,11H2,1-3H3,(H,12,13). The highest BCUT2D eigenvalue weighted by molar-refractivity contribution is 5.70. The van der Waals surface area contributed by atoms with Crippen LogP contribution in [0.1, 0.15) is 33.6 Å². The second-order valence-corrected chi connectivity index (χ2v) is 3.64. The van der Waals surface area contributed by atoms with Crippen LogP contribution in [0.2, 0.25) is 0 Å². The van der Waals surface area contributed by atoms with Gasteiger partial charge in [-0.2, -0.15) is 0 Å². The molecule has 3 atom stereocenters. The van der Waals surface area contributed by atoms with Crippen LogP contribution < -0.4 is 5.73 Å². The number of nitrogens with two attached hydrogens (primary N) is 1. The molecule has 0 heterocycles. The Balaban J connectivity index is 4.42. The fourth-order valence-electron chi connectivity index (χ4n) is 1.84. The van der Waals surface area contributed by atoms with E-state index >= 15 is 0 Å². The lowest BCUT2D eigenvalue weighted by atomic mass is 9.79. The van der Waals surface area contributed by atoms with Gasteiger partial charge in [0, 0.05) is 6.54 Å². The molecule has 0 radical (unpaired) electrons. The molecule has 0 aromatic rings. The van der Waals surface area contributed by atoms with Crippen LogP contribution in [-0.4, -0.2) is 17.6 Å². The van der Waals surface area contributed by atoms with Gasteiger partial charge in [0.2, 0.25) is 0 Å². The predicted molar refractivity (Wildman–Crippen MR) is 53.4 cm³/mol. The molecular weight excluding hydrogens is 166 g/mol. The third-order valence-electron chi connectivity index (χ3n) is 2.93. The number of carboxylic acid groups (broad SMARTS) is 1. The first kappa shape index (κ1) is 12.4. The molecule has 3 N–H and O–H groups in total. The van der Waals surface area contributed by atoms with E-state index in [9.17, 15) is 4.79 Å². The molecule has 78 valence electrons. The molecule has 0 saturated heterocycles. The van der Waals surface area contributed by atoms with E-state index < -0.39 is 5.97 Å². The first-order valence-corrected chi connectivity index (χ1v) is 5.01. The molecule has 0 bridgehead atoms. The molecule has 0 fully saturated rings. The van der Waals surface area contributed by atoms with Crippen LogP contribution in [0.5, 0.6) is 0 Å². The summed E-state index contributed by atoms with van der Waals surface area (Å²) in [4.78, 5) is 10.9. The van der Waals surface area contributed by atoms with Gasteiger partial charge in [-0.1, -0.05) is 33.6 Å². The summed E-state index contributed by atoms with van der Waals surface area (Å²) in [6.45, 7) is 6.46. The lowest BCUT2D eigenvalue weighted by Gasteiger charge is -2.26. The van der Waals surface area contributed by atoms with Crippen molar-refractivity contribution < 1.29 is 9.90 Å². The molecule has 3 unspecified atom stereocenters. The summed E-state index contributed by atoms with van der Waals surface area (Å²) < 4.78 is 0. The number of rotatable bonds is 6. The normalized spacial score (nSPS) is 17.8. The third-order valence-corrected chi connectivity index (χ3v) is 2.93. The average Bonchev–Trinajstić information content (AvgIpc) is 2.12. The van der Waals surface area contributed by atoms with Gasteiger partial charge in [0.15, 0.2) is 0 Å². The van der Waals surface area contributed by atoms with Crippen LogP contribution in [0, 0.1) is 17.8 Å². The summed E-state index contributed by atoms with van der Waals surface area (Å²) >= 11 is 0. The molecule has 0 aromatic heterocycles. The van der Waals surface area contributed by atoms with Crippen molar-refractivity contribution in [2.24, 2.45) is 23.5 Å². The summed E-state index contributed by atoms with van der Waals surface area (Å²) in [6.07, 6.45) is 1.91. The van der Waals surface area contributed by atoms with Crippen molar-refractivity contribution in [1.29, 1.82) is 0 Å². The molecule has 3 heteroatoms. The third kappa shape index (κ3) is 3.35. The zero-order valence-electron chi connectivity index (χ0n) is 8.79. The van der Waals surface area contributed by atoms with Crippen LogP contribution in [0.3, 0.4) is 0 Å². The highest BCUT2D eigenvalue weighted by atomic mass is 16.4. The van der Waals surface area contributed by atoms with E-state index in [2.05, 4.69) is 13.8 Å². The summed E-state index contributed by atoms with van der Waals surface area (Å²) in [7, 11) is 0. The maximum Gasteiger partial charge on any atom is 0.308 e. The molecule has 13 heavy (non-hydrogen) atoms. The Hall–Kier alpha value is -0.570. The van der Waals surface area contributed by atoms with E-state index in [0.717, 1.165) is 12.8 Å². The first-order valence-electron chi connectivity index (χ1n) is 5.01. The number of hydrogen-bond donors (Lipinski definition) is 2. The SMILES string of the molecule is CCC(C)C(CC)C(CN)C(=O)O. The number of hydrogen-bond acceptors (Lipinski definition) is 2. The largest absolute Gasteiger partial charge is 0.481 e. The van der Waals surface area contributed by atoms with Crippen molar-refractivity contribution in [3.8, 4) is 0 Å². The zero-order valence-corrected chi connectivity index (χ0v) is 8.79. The Morgan fingerprint density at radius 2 is 1.92 bits per heavy atom. The molecule has 0 spiro atoms. The highest BCUT2D eigenvalue weighted by Crippen LogP contribution is 2.26. The second-order valence-electron chi connectivity index (χ2n) is 3.64. The smallest absolute Gasteiger partial charge is 0.308 e. The Bertz CT molecular complexity index is 159. The summed E-state index contributed by atoms with van der Waals surface area (Å²) in [6, 6.07) is 0. The van der Waals surface area contributed by atoms with Crippen molar-refractivity contribution in [3.05, 3.63) is 0 Å². The van der Waals surface area contributed by atoms with E-state index in [1.807, 2.05) is 6.92 Å². The highest BCUT2D eigenvalue weighted by Gasteiger charge is 2.28. The molecule has 0 aliphatic heterocycles.